The highest BCUT2D eigenvalue weighted by Crippen LogP contribution is 2.30. The smallest absolute Gasteiger partial charge is 0.416 e. The first-order chi connectivity index (χ1) is 12.7. The molecule has 9 heteroatoms. The van der Waals surface area contributed by atoms with Crippen LogP contribution >= 0.6 is 0 Å². The molecular formula is C18H16F5NO3. The highest BCUT2D eigenvalue weighted by molar-refractivity contribution is 5.94. The zero-order valence-corrected chi connectivity index (χ0v) is 14.1. The van der Waals surface area contributed by atoms with Gasteiger partial charge in [-0.1, -0.05) is 12.1 Å². The van der Waals surface area contributed by atoms with Gasteiger partial charge in [0.05, 0.1) is 12.7 Å². The van der Waals surface area contributed by atoms with Crippen LogP contribution in [0.25, 0.3) is 0 Å². The molecule has 0 saturated heterocycles. The van der Waals surface area contributed by atoms with Crippen molar-refractivity contribution in [3.8, 4) is 11.5 Å². The maximum Gasteiger partial charge on any atom is 0.416 e. The van der Waals surface area contributed by atoms with Crippen LogP contribution in [0, 0.1) is 0 Å². The molecule has 0 unspecified atom stereocenters. The van der Waals surface area contributed by atoms with E-state index in [1.807, 2.05) is 0 Å². The first-order valence-corrected chi connectivity index (χ1v) is 7.78. The van der Waals surface area contributed by atoms with Crippen LogP contribution in [0.5, 0.6) is 11.5 Å². The Morgan fingerprint density at radius 2 is 1.74 bits per heavy atom. The molecule has 27 heavy (non-hydrogen) atoms. The Kier molecular flexibility index (Phi) is 6.59. The SMILES string of the molecule is COc1cc(C(=O)NCCc2ccc(C(F)(F)F)cc2)ccc1OC(F)F. The van der Waals surface area contributed by atoms with E-state index in [0.29, 0.717) is 12.0 Å². The van der Waals surface area contributed by atoms with Gasteiger partial charge in [-0.05, 0) is 42.3 Å². The number of hydrogen-bond acceptors (Lipinski definition) is 3. The van der Waals surface area contributed by atoms with E-state index in [1.165, 1.54) is 37.4 Å². The largest absolute Gasteiger partial charge is 0.493 e. The summed E-state index contributed by atoms with van der Waals surface area (Å²) >= 11 is 0. The second-order valence-electron chi connectivity index (χ2n) is 5.44. The van der Waals surface area contributed by atoms with Crippen LogP contribution in [0.1, 0.15) is 21.5 Å². The van der Waals surface area contributed by atoms with Gasteiger partial charge in [-0.3, -0.25) is 4.79 Å². The van der Waals surface area contributed by atoms with Crippen molar-refractivity contribution in [2.45, 2.75) is 19.2 Å². The molecule has 0 spiro atoms. The molecular weight excluding hydrogens is 373 g/mol. The van der Waals surface area contributed by atoms with Crippen LogP contribution in [0.4, 0.5) is 22.0 Å². The number of benzene rings is 2. The second-order valence-corrected chi connectivity index (χ2v) is 5.44. The van der Waals surface area contributed by atoms with Gasteiger partial charge >= 0.3 is 12.8 Å². The van der Waals surface area contributed by atoms with E-state index in [0.717, 1.165) is 12.1 Å². The Hall–Kier alpha value is -2.84. The fraction of sp³-hybridized carbons (Fsp3) is 0.278. The van der Waals surface area contributed by atoms with E-state index in [2.05, 4.69) is 10.1 Å². The number of amides is 1. The monoisotopic (exact) mass is 389 g/mol. The number of hydrogen-bond donors (Lipinski definition) is 1. The standard InChI is InChI=1S/C18H16F5NO3/c1-26-15-10-12(4-7-14(15)27-17(19)20)16(25)24-9-8-11-2-5-13(6-3-11)18(21,22)23/h2-7,10,17H,8-9H2,1H3,(H,24,25). The number of alkyl halides is 5. The van der Waals surface area contributed by atoms with Gasteiger partial charge in [-0.15, -0.1) is 0 Å². The van der Waals surface area contributed by atoms with Gasteiger partial charge in [0, 0.05) is 12.1 Å². The van der Waals surface area contributed by atoms with Crippen molar-refractivity contribution in [3.63, 3.8) is 0 Å². The number of carbonyl (C=O) groups excluding carboxylic acids is 1. The van der Waals surface area contributed by atoms with Gasteiger partial charge in [0.1, 0.15) is 0 Å². The highest BCUT2D eigenvalue weighted by atomic mass is 19.4. The molecule has 0 aromatic heterocycles. The number of carbonyl (C=O) groups is 1. The average Bonchev–Trinajstić information content (AvgIpc) is 2.61. The average molecular weight is 389 g/mol. The third kappa shape index (κ3) is 5.83. The third-order valence-electron chi connectivity index (χ3n) is 3.62. The molecule has 2 rings (SSSR count). The van der Waals surface area contributed by atoms with Crippen molar-refractivity contribution >= 4 is 5.91 Å². The lowest BCUT2D eigenvalue weighted by Gasteiger charge is -2.12. The molecule has 0 saturated carbocycles. The number of methoxy groups -OCH3 is 1. The molecule has 0 bridgehead atoms. The summed E-state index contributed by atoms with van der Waals surface area (Å²) in [4.78, 5) is 12.1. The van der Waals surface area contributed by atoms with E-state index >= 15 is 0 Å². The number of ether oxygens (including phenoxy) is 2. The predicted octanol–water partition coefficient (Wildman–Crippen LogP) is 4.29. The third-order valence-corrected chi connectivity index (χ3v) is 3.62. The van der Waals surface area contributed by atoms with Crippen molar-refractivity contribution in [1.82, 2.24) is 5.32 Å². The highest BCUT2D eigenvalue weighted by Gasteiger charge is 2.29. The van der Waals surface area contributed by atoms with Crippen LogP contribution in [-0.4, -0.2) is 26.2 Å². The summed E-state index contributed by atoms with van der Waals surface area (Å²) in [5.41, 5.74) is 0.0518. The van der Waals surface area contributed by atoms with Gasteiger partial charge in [-0.2, -0.15) is 22.0 Å². The molecule has 0 radical (unpaired) electrons. The van der Waals surface area contributed by atoms with Crippen molar-refractivity contribution < 1.29 is 36.2 Å². The van der Waals surface area contributed by atoms with Gasteiger partial charge in [0.15, 0.2) is 11.5 Å². The molecule has 0 aliphatic rings. The van der Waals surface area contributed by atoms with Crippen LogP contribution in [-0.2, 0) is 12.6 Å². The fourth-order valence-corrected chi connectivity index (χ4v) is 2.28. The molecule has 0 fully saturated rings. The zero-order valence-electron chi connectivity index (χ0n) is 14.1. The summed E-state index contributed by atoms with van der Waals surface area (Å²) in [6.45, 7) is -2.84. The number of rotatable bonds is 7. The Morgan fingerprint density at radius 1 is 1.07 bits per heavy atom. The van der Waals surface area contributed by atoms with Crippen LogP contribution in [0.3, 0.4) is 0 Å². The van der Waals surface area contributed by atoms with Gasteiger partial charge in [0.25, 0.3) is 5.91 Å². The normalized spacial score (nSPS) is 11.4. The fourth-order valence-electron chi connectivity index (χ4n) is 2.28. The van der Waals surface area contributed by atoms with Crippen LogP contribution in [0.15, 0.2) is 42.5 Å². The minimum Gasteiger partial charge on any atom is -0.493 e. The summed E-state index contributed by atoms with van der Waals surface area (Å²) in [6.07, 6.45) is -4.07. The summed E-state index contributed by atoms with van der Waals surface area (Å²) in [5.74, 6) is -0.705. The minimum absolute atomic E-state index is 0.0225. The molecule has 146 valence electrons. The first-order valence-electron chi connectivity index (χ1n) is 7.78. The summed E-state index contributed by atoms with van der Waals surface area (Å²) in [7, 11) is 1.25. The number of halogens is 5. The van der Waals surface area contributed by atoms with Crippen LogP contribution in [0.2, 0.25) is 0 Å². The maximum absolute atomic E-state index is 12.5. The van der Waals surface area contributed by atoms with E-state index in [4.69, 9.17) is 4.74 Å². The second kappa shape index (κ2) is 8.70. The van der Waals surface area contributed by atoms with Gasteiger partial charge in [0.2, 0.25) is 0 Å². The molecule has 1 N–H and O–H groups in total. The van der Waals surface area contributed by atoms with Crippen molar-refractivity contribution in [1.29, 1.82) is 0 Å². The van der Waals surface area contributed by atoms with Gasteiger partial charge < -0.3 is 14.8 Å². The van der Waals surface area contributed by atoms with E-state index in [9.17, 15) is 26.7 Å². The lowest BCUT2D eigenvalue weighted by atomic mass is 10.1. The van der Waals surface area contributed by atoms with Crippen molar-refractivity contribution in [3.05, 3.63) is 59.2 Å². The Bertz CT molecular complexity index is 776. The Balaban J connectivity index is 1.93. The quantitative estimate of drug-likeness (QED) is 0.719. The molecule has 2 aromatic rings. The van der Waals surface area contributed by atoms with Crippen molar-refractivity contribution in [2.24, 2.45) is 0 Å². The molecule has 0 atom stereocenters. The topological polar surface area (TPSA) is 47.6 Å². The lowest BCUT2D eigenvalue weighted by molar-refractivity contribution is -0.137. The molecule has 0 aliphatic heterocycles. The van der Waals surface area contributed by atoms with E-state index in [-0.39, 0.29) is 23.6 Å². The van der Waals surface area contributed by atoms with E-state index in [1.54, 1.807) is 0 Å². The predicted molar refractivity (Wildman–Crippen MR) is 87.1 cm³/mol. The van der Waals surface area contributed by atoms with Crippen molar-refractivity contribution in [2.75, 3.05) is 13.7 Å². The van der Waals surface area contributed by atoms with E-state index < -0.39 is 24.3 Å². The molecule has 0 heterocycles. The summed E-state index contributed by atoms with van der Waals surface area (Å²) in [6, 6.07) is 8.38. The number of nitrogens with one attached hydrogen (secondary N) is 1. The molecule has 4 nitrogen and oxygen atoms in total. The summed E-state index contributed by atoms with van der Waals surface area (Å²) in [5, 5.41) is 2.60. The molecule has 1 amide bonds. The summed E-state index contributed by atoms with van der Waals surface area (Å²) < 4.78 is 71.3. The lowest BCUT2D eigenvalue weighted by Crippen LogP contribution is -2.25. The minimum atomic E-state index is -4.40. The first kappa shape index (κ1) is 20.5. The van der Waals surface area contributed by atoms with Crippen LogP contribution < -0.4 is 14.8 Å². The zero-order chi connectivity index (χ0) is 20.0. The van der Waals surface area contributed by atoms with Gasteiger partial charge in [-0.25, -0.2) is 0 Å². The molecule has 0 aliphatic carbocycles. The Labute approximate surface area is 151 Å². The molecule has 2 aromatic carbocycles. The maximum atomic E-state index is 12.5. The Morgan fingerprint density at radius 3 is 2.30 bits per heavy atom.